The number of ether oxygens (including phenoxy) is 1. The maximum atomic E-state index is 11.7. The molecular weight excluding hydrogens is 278 g/mol. The van der Waals surface area contributed by atoms with Gasteiger partial charge < -0.3 is 4.74 Å². The molecule has 0 saturated carbocycles. The summed E-state index contributed by atoms with van der Waals surface area (Å²) < 4.78 is 4.67. The van der Waals surface area contributed by atoms with Gasteiger partial charge in [-0.25, -0.2) is 0 Å². The zero-order valence-corrected chi connectivity index (χ0v) is 14.4. The minimum atomic E-state index is -0.548. The van der Waals surface area contributed by atoms with E-state index in [4.69, 9.17) is 0 Å². The monoisotopic (exact) mass is 311 g/mol. The highest BCUT2D eigenvalue weighted by molar-refractivity contribution is 6.01. The second kappa shape index (κ2) is 11.6. The number of carbonyl (C=O) groups is 2. The summed E-state index contributed by atoms with van der Waals surface area (Å²) in [6.45, 7) is 4.14. The Labute approximate surface area is 135 Å². The number of unbranched alkanes of at least 4 members (excludes halogenated alkanes) is 9. The van der Waals surface area contributed by atoms with E-state index in [0.29, 0.717) is 13.1 Å². The van der Waals surface area contributed by atoms with Crippen LogP contribution >= 0.6 is 0 Å². The molecule has 1 fully saturated rings. The number of rotatable bonds is 12. The third kappa shape index (κ3) is 7.39. The first-order valence-corrected chi connectivity index (χ1v) is 9.02. The molecule has 0 amide bonds. The summed E-state index contributed by atoms with van der Waals surface area (Å²) in [5, 5.41) is 0. The standard InChI is InChI=1S/C18H33NO3/c1-3-4-5-6-7-8-9-10-11-12-13-19-14-16(17(20)15-19)18(21)22-2/h16H,3-15H2,1-2H3. The lowest BCUT2D eigenvalue weighted by Crippen LogP contribution is -2.25. The summed E-state index contributed by atoms with van der Waals surface area (Å²) in [4.78, 5) is 25.3. The largest absolute Gasteiger partial charge is 0.468 e. The Bertz CT molecular complexity index is 330. The van der Waals surface area contributed by atoms with E-state index in [0.717, 1.165) is 13.0 Å². The number of likely N-dealkylation sites (tertiary alicyclic amines) is 1. The smallest absolute Gasteiger partial charge is 0.317 e. The quantitative estimate of drug-likeness (QED) is 0.314. The molecule has 0 aliphatic carbocycles. The first kappa shape index (κ1) is 19.1. The lowest BCUT2D eigenvalue weighted by molar-refractivity contribution is -0.147. The van der Waals surface area contributed by atoms with Crippen LogP contribution in [0.2, 0.25) is 0 Å². The van der Waals surface area contributed by atoms with Gasteiger partial charge in [0.25, 0.3) is 0 Å². The second-order valence-electron chi connectivity index (χ2n) is 6.46. The average Bonchev–Trinajstić information content (AvgIpc) is 2.89. The number of methoxy groups -OCH3 is 1. The van der Waals surface area contributed by atoms with Crippen LogP contribution in [-0.2, 0) is 14.3 Å². The van der Waals surface area contributed by atoms with Crippen molar-refractivity contribution in [1.82, 2.24) is 4.90 Å². The zero-order chi connectivity index (χ0) is 16.2. The van der Waals surface area contributed by atoms with Gasteiger partial charge in [0.15, 0.2) is 5.78 Å². The van der Waals surface area contributed by atoms with Crippen molar-refractivity contribution in [2.75, 3.05) is 26.7 Å². The summed E-state index contributed by atoms with van der Waals surface area (Å²) in [6, 6.07) is 0. The fourth-order valence-corrected chi connectivity index (χ4v) is 3.10. The predicted molar refractivity (Wildman–Crippen MR) is 88.8 cm³/mol. The molecular formula is C18H33NO3. The molecule has 0 N–H and O–H groups in total. The van der Waals surface area contributed by atoms with Crippen molar-refractivity contribution in [2.24, 2.45) is 5.92 Å². The summed E-state index contributed by atoms with van der Waals surface area (Å²) in [7, 11) is 1.35. The van der Waals surface area contributed by atoms with Crippen molar-refractivity contribution < 1.29 is 14.3 Å². The number of hydrogen-bond acceptors (Lipinski definition) is 4. The summed E-state index contributed by atoms with van der Waals surface area (Å²) in [6.07, 6.45) is 13.2. The highest BCUT2D eigenvalue weighted by Gasteiger charge is 2.36. The van der Waals surface area contributed by atoms with Crippen molar-refractivity contribution in [3.63, 3.8) is 0 Å². The van der Waals surface area contributed by atoms with E-state index < -0.39 is 5.92 Å². The number of hydrogen-bond donors (Lipinski definition) is 0. The Morgan fingerprint density at radius 3 is 2.14 bits per heavy atom. The molecule has 4 heteroatoms. The molecule has 1 atom stereocenters. The summed E-state index contributed by atoms with van der Waals surface area (Å²) >= 11 is 0. The first-order valence-electron chi connectivity index (χ1n) is 9.02. The van der Waals surface area contributed by atoms with Crippen molar-refractivity contribution in [3.8, 4) is 0 Å². The molecule has 1 heterocycles. The van der Waals surface area contributed by atoms with Crippen LogP contribution in [0.25, 0.3) is 0 Å². The van der Waals surface area contributed by atoms with E-state index in [1.54, 1.807) is 0 Å². The summed E-state index contributed by atoms with van der Waals surface area (Å²) in [5.74, 6) is -0.914. The number of Topliss-reactive ketones (excluding diaryl/α,β-unsaturated/α-hetero) is 1. The molecule has 22 heavy (non-hydrogen) atoms. The van der Waals surface area contributed by atoms with Crippen LogP contribution in [0.15, 0.2) is 0 Å². The molecule has 1 aliphatic heterocycles. The Kier molecular flexibility index (Phi) is 10.1. The van der Waals surface area contributed by atoms with Gasteiger partial charge in [0.2, 0.25) is 0 Å². The van der Waals surface area contributed by atoms with E-state index in [1.165, 1.54) is 64.9 Å². The maximum absolute atomic E-state index is 11.7. The van der Waals surface area contributed by atoms with E-state index in [-0.39, 0.29) is 11.8 Å². The first-order chi connectivity index (χ1) is 10.7. The number of nitrogens with zero attached hydrogens (tertiary/aromatic N) is 1. The Balaban J connectivity index is 1.95. The highest BCUT2D eigenvalue weighted by Crippen LogP contribution is 2.16. The Morgan fingerprint density at radius 1 is 1.05 bits per heavy atom. The molecule has 0 spiro atoms. The number of carbonyl (C=O) groups excluding carboxylic acids is 2. The Hall–Kier alpha value is -0.900. The van der Waals surface area contributed by atoms with Gasteiger partial charge in [-0.05, 0) is 13.0 Å². The molecule has 0 aromatic rings. The van der Waals surface area contributed by atoms with Gasteiger partial charge in [0.1, 0.15) is 5.92 Å². The topological polar surface area (TPSA) is 46.6 Å². The van der Waals surface area contributed by atoms with Crippen LogP contribution in [0, 0.1) is 5.92 Å². The minimum absolute atomic E-state index is 0.0129. The normalized spacial score (nSPS) is 18.8. The molecule has 1 unspecified atom stereocenters. The van der Waals surface area contributed by atoms with E-state index in [9.17, 15) is 9.59 Å². The molecule has 0 aromatic carbocycles. The second-order valence-corrected chi connectivity index (χ2v) is 6.46. The van der Waals surface area contributed by atoms with E-state index >= 15 is 0 Å². The van der Waals surface area contributed by atoms with Gasteiger partial charge in [-0.1, -0.05) is 64.7 Å². The van der Waals surface area contributed by atoms with Crippen LogP contribution in [-0.4, -0.2) is 43.4 Å². The van der Waals surface area contributed by atoms with Gasteiger partial charge in [-0.15, -0.1) is 0 Å². The van der Waals surface area contributed by atoms with Gasteiger partial charge in [0, 0.05) is 6.54 Å². The number of esters is 1. The predicted octanol–water partition coefficient (Wildman–Crippen LogP) is 3.58. The van der Waals surface area contributed by atoms with Gasteiger partial charge in [-0.3, -0.25) is 14.5 Å². The molecule has 0 radical (unpaired) electrons. The fourth-order valence-electron chi connectivity index (χ4n) is 3.10. The maximum Gasteiger partial charge on any atom is 0.317 e. The molecule has 1 saturated heterocycles. The van der Waals surface area contributed by atoms with Crippen LogP contribution in [0.4, 0.5) is 0 Å². The van der Waals surface area contributed by atoms with Crippen LogP contribution in [0.3, 0.4) is 0 Å². The lowest BCUT2D eigenvalue weighted by atomic mass is 10.1. The van der Waals surface area contributed by atoms with Crippen molar-refractivity contribution >= 4 is 11.8 Å². The van der Waals surface area contributed by atoms with Gasteiger partial charge >= 0.3 is 5.97 Å². The van der Waals surface area contributed by atoms with E-state index in [2.05, 4.69) is 16.6 Å². The molecule has 128 valence electrons. The van der Waals surface area contributed by atoms with Gasteiger partial charge in [-0.2, -0.15) is 0 Å². The van der Waals surface area contributed by atoms with Crippen molar-refractivity contribution in [3.05, 3.63) is 0 Å². The van der Waals surface area contributed by atoms with Gasteiger partial charge in [0.05, 0.1) is 13.7 Å². The van der Waals surface area contributed by atoms with Crippen molar-refractivity contribution in [1.29, 1.82) is 0 Å². The highest BCUT2D eigenvalue weighted by atomic mass is 16.5. The minimum Gasteiger partial charge on any atom is -0.468 e. The number of ketones is 1. The molecule has 0 aromatic heterocycles. The molecule has 0 bridgehead atoms. The van der Waals surface area contributed by atoms with E-state index in [1.807, 2.05) is 0 Å². The van der Waals surface area contributed by atoms with Crippen LogP contribution < -0.4 is 0 Å². The zero-order valence-electron chi connectivity index (χ0n) is 14.4. The van der Waals surface area contributed by atoms with Crippen LogP contribution in [0.5, 0.6) is 0 Å². The molecule has 1 aliphatic rings. The third-order valence-corrected chi connectivity index (χ3v) is 4.52. The lowest BCUT2D eigenvalue weighted by Gasteiger charge is -2.13. The third-order valence-electron chi connectivity index (χ3n) is 4.52. The summed E-state index contributed by atoms with van der Waals surface area (Å²) in [5.41, 5.74) is 0. The SMILES string of the molecule is CCCCCCCCCCCCN1CC(=O)C(C(=O)OC)C1. The molecule has 1 rings (SSSR count). The average molecular weight is 311 g/mol. The Morgan fingerprint density at radius 2 is 1.59 bits per heavy atom. The van der Waals surface area contributed by atoms with Crippen molar-refractivity contribution in [2.45, 2.75) is 71.1 Å². The fraction of sp³-hybridized carbons (Fsp3) is 0.889. The molecule has 4 nitrogen and oxygen atoms in total. The van der Waals surface area contributed by atoms with Crippen LogP contribution in [0.1, 0.15) is 71.1 Å².